The molecule has 0 spiro atoms. The zero-order valence-corrected chi connectivity index (χ0v) is 11.6. The molecule has 2 aromatic heterocycles. The Morgan fingerprint density at radius 3 is 1.59 bits per heavy atom. The Balaban J connectivity index is 1.80. The van der Waals surface area contributed by atoms with Gasteiger partial charge in [-0.3, -0.25) is 0 Å². The van der Waals surface area contributed by atoms with Crippen molar-refractivity contribution < 1.29 is 0 Å². The number of hydrogen-bond acceptors (Lipinski definition) is 2. The average molecular weight is 258 g/mol. The first-order chi connectivity index (χ1) is 8.22. The summed E-state index contributed by atoms with van der Waals surface area (Å²) in [4.78, 5) is 5.62. The molecule has 0 saturated heterocycles. The SMILES string of the molecule is Cc1ccc(C2=CC=C(c3ccc(C)s3)C2)s1. The minimum Gasteiger partial charge on any atom is -0.141 e. The fraction of sp³-hybridized carbons (Fsp3) is 0.200. The molecule has 3 rings (SSSR count). The smallest absolute Gasteiger partial charge is 0.0308 e. The maximum Gasteiger partial charge on any atom is 0.0308 e. The highest BCUT2D eigenvalue weighted by Gasteiger charge is 2.14. The van der Waals surface area contributed by atoms with Crippen molar-refractivity contribution >= 4 is 33.8 Å². The molecule has 0 atom stereocenters. The van der Waals surface area contributed by atoms with Gasteiger partial charge in [0.2, 0.25) is 0 Å². The topological polar surface area (TPSA) is 0 Å². The van der Waals surface area contributed by atoms with E-state index in [0.29, 0.717) is 0 Å². The van der Waals surface area contributed by atoms with E-state index in [1.807, 2.05) is 22.7 Å². The van der Waals surface area contributed by atoms with Gasteiger partial charge in [0.15, 0.2) is 0 Å². The number of rotatable bonds is 2. The summed E-state index contributed by atoms with van der Waals surface area (Å²) in [6.07, 6.45) is 5.63. The van der Waals surface area contributed by atoms with E-state index < -0.39 is 0 Å². The van der Waals surface area contributed by atoms with Crippen molar-refractivity contribution in [3.8, 4) is 0 Å². The van der Waals surface area contributed by atoms with E-state index in [4.69, 9.17) is 0 Å². The third kappa shape index (κ3) is 2.15. The highest BCUT2D eigenvalue weighted by Crippen LogP contribution is 2.38. The molecule has 0 radical (unpaired) electrons. The van der Waals surface area contributed by atoms with E-state index in [0.717, 1.165) is 6.42 Å². The summed E-state index contributed by atoms with van der Waals surface area (Å²) in [6.45, 7) is 4.33. The summed E-state index contributed by atoms with van der Waals surface area (Å²) in [7, 11) is 0. The van der Waals surface area contributed by atoms with Crippen LogP contribution >= 0.6 is 22.7 Å². The van der Waals surface area contributed by atoms with Gasteiger partial charge in [-0.15, -0.1) is 22.7 Å². The van der Waals surface area contributed by atoms with Gasteiger partial charge in [-0.05, 0) is 49.3 Å². The van der Waals surface area contributed by atoms with Gasteiger partial charge < -0.3 is 0 Å². The predicted molar refractivity (Wildman–Crippen MR) is 78.7 cm³/mol. The lowest BCUT2D eigenvalue weighted by molar-refractivity contribution is 1.49. The molecule has 1 aliphatic rings. The van der Waals surface area contributed by atoms with E-state index in [9.17, 15) is 0 Å². The molecule has 0 N–H and O–H groups in total. The minimum absolute atomic E-state index is 1.08. The Morgan fingerprint density at radius 2 is 1.24 bits per heavy atom. The monoisotopic (exact) mass is 258 g/mol. The molecule has 17 heavy (non-hydrogen) atoms. The summed E-state index contributed by atoms with van der Waals surface area (Å²) >= 11 is 3.78. The van der Waals surface area contributed by atoms with E-state index in [-0.39, 0.29) is 0 Å². The third-order valence-electron chi connectivity index (χ3n) is 2.98. The fourth-order valence-electron chi connectivity index (χ4n) is 2.08. The lowest BCUT2D eigenvalue weighted by atomic mass is 10.1. The molecular weight excluding hydrogens is 244 g/mol. The van der Waals surface area contributed by atoms with Crippen LogP contribution in [0.15, 0.2) is 36.4 Å². The second-order valence-electron chi connectivity index (χ2n) is 4.38. The lowest BCUT2D eigenvalue weighted by Crippen LogP contribution is -1.78. The quantitative estimate of drug-likeness (QED) is 0.686. The molecule has 0 saturated carbocycles. The second-order valence-corrected chi connectivity index (χ2v) is 6.96. The van der Waals surface area contributed by atoms with Gasteiger partial charge in [0, 0.05) is 25.9 Å². The zero-order chi connectivity index (χ0) is 11.8. The summed E-state index contributed by atoms with van der Waals surface area (Å²) < 4.78 is 0. The lowest BCUT2D eigenvalue weighted by Gasteiger charge is -2.01. The Hall–Kier alpha value is -1.12. The van der Waals surface area contributed by atoms with Crippen molar-refractivity contribution in [3.63, 3.8) is 0 Å². The van der Waals surface area contributed by atoms with E-state index >= 15 is 0 Å². The van der Waals surface area contributed by atoms with Gasteiger partial charge in [-0.1, -0.05) is 12.2 Å². The standard InChI is InChI=1S/C15H14S2/c1-10-3-7-14(16-10)12-5-6-13(9-12)15-8-4-11(2)17-15/h3-8H,9H2,1-2H3. The van der Waals surface area contributed by atoms with Crippen LogP contribution in [0.4, 0.5) is 0 Å². The van der Waals surface area contributed by atoms with E-state index in [1.54, 1.807) is 0 Å². The predicted octanol–water partition coefficient (Wildman–Crippen LogP) is 5.30. The maximum atomic E-state index is 2.27. The summed E-state index contributed by atoms with van der Waals surface area (Å²) in [5.41, 5.74) is 2.92. The molecule has 0 aromatic carbocycles. The first kappa shape index (κ1) is 11.0. The molecule has 0 bridgehead atoms. The molecule has 2 heterocycles. The van der Waals surface area contributed by atoms with Crippen molar-refractivity contribution in [1.82, 2.24) is 0 Å². The molecule has 0 unspecified atom stereocenters. The number of thiophene rings is 2. The van der Waals surface area contributed by atoms with Gasteiger partial charge >= 0.3 is 0 Å². The molecule has 86 valence electrons. The van der Waals surface area contributed by atoms with Crippen LogP contribution in [0.2, 0.25) is 0 Å². The summed E-state index contributed by atoms with van der Waals surface area (Å²) in [5.74, 6) is 0. The molecular formula is C15H14S2. The highest BCUT2D eigenvalue weighted by molar-refractivity contribution is 7.13. The van der Waals surface area contributed by atoms with Crippen molar-refractivity contribution in [1.29, 1.82) is 0 Å². The Bertz CT molecular complexity index is 554. The van der Waals surface area contributed by atoms with Gasteiger partial charge in [0.05, 0.1) is 0 Å². The summed E-state index contributed by atoms with van der Waals surface area (Å²) in [6, 6.07) is 8.88. The first-order valence-corrected chi connectivity index (χ1v) is 7.39. The van der Waals surface area contributed by atoms with Crippen molar-refractivity contribution in [2.45, 2.75) is 20.3 Å². The second kappa shape index (κ2) is 4.28. The number of allylic oxidation sites excluding steroid dienone is 4. The molecule has 0 fully saturated rings. The van der Waals surface area contributed by atoms with Gasteiger partial charge in [-0.25, -0.2) is 0 Å². The Kier molecular flexibility index (Phi) is 2.77. The molecule has 0 aliphatic heterocycles. The van der Waals surface area contributed by atoms with Crippen LogP contribution in [-0.2, 0) is 0 Å². The first-order valence-electron chi connectivity index (χ1n) is 5.76. The molecule has 1 aliphatic carbocycles. The normalized spacial score (nSPS) is 14.9. The largest absolute Gasteiger partial charge is 0.141 e. The van der Waals surface area contributed by atoms with Gasteiger partial charge in [0.25, 0.3) is 0 Å². The van der Waals surface area contributed by atoms with Crippen molar-refractivity contribution in [2.75, 3.05) is 0 Å². The molecule has 0 nitrogen and oxygen atoms in total. The summed E-state index contributed by atoms with van der Waals surface area (Å²) in [5, 5.41) is 0. The van der Waals surface area contributed by atoms with Crippen LogP contribution < -0.4 is 0 Å². The highest BCUT2D eigenvalue weighted by atomic mass is 32.1. The zero-order valence-electron chi connectivity index (χ0n) is 9.99. The molecule has 0 amide bonds. The third-order valence-corrected chi connectivity index (χ3v) is 5.13. The maximum absolute atomic E-state index is 2.27. The van der Waals surface area contributed by atoms with Crippen LogP contribution in [0, 0.1) is 13.8 Å². The van der Waals surface area contributed by atoms with Crippen molar-refractivity contribution in [3.05, 3.63) is 55.9 Å². The van der Waals surface area contributed by atoms with Gasteiger partial charge in [0.1, 0.15) is 0 Å². The van der Waals surface area contributed by atoms with Crippen LogP contribution in [0.25, 0.3) is 11.1 Å². The number of hydrogen-bond donors (Lipinski definition) is 0. The van der Waals surface area contributed by atoms with Crippen LogP contribution in [0.1, 0.15) is 25.9 Å². The Morgan fingerprint density at radius 1 is 0.765 bits per heavy atom. The fourth-order valence-corrected chi connectivity index (χ4v) is 3.86. The molecule has 2 heteroatoms. The van der Waals surface area contributed by atoms with E-state index in [1.165, 1.54) is 30.7 Å². The van der Waals surface area contributed by atoms with Crippen LogP contribution in [-0.4, -0.2) is 0 Å². The van der Waals surface area contributed by atoms with E-state index in [2.05, 4.69) is 50.3 Å². The van der Waals surface area contributed by atoms with Gasteiger partial charge in [-0.2, -0.15) is 0 Å². The molecule has 2 aromatic rings. The Labute approximate surface area is 110 Å². The average Bonchev–Trinajstić information content (AvgIpc) is 2.96. The van der Waals surface area contributed by atoms with Crippen molar-refractivity contribution in [2.24, 2.45) is 0 Å². The minimum atomic E-state index is 1.08. The van der Waals surface area contributed by atoms with Crippen LogP contribution in [0.3, 0.4) is 0 Å². The number of aryl methyl sites for hydroxylation is 2. The van der Waals surface area contributed by atoms with Crippen LogP contribution in [0.5, 0.6) is 0 Å².